The molecule has 8 nitrogen and oxygen atoms in total. The predicted molar refractivity (Wildman–Crippen MR) is 122 cm³/mol. The molecule has 168 valence electrons. The van der Waals surface area contributed by atoms with Gasteiger partial charge in [-0.05, 0) is 43.9 Å². The highest BCUT2D eigenvalue weighted by atomic mass is 16.5. The van der Waals surface area contributed by atoms with Crippen LogP contribution < -0.4 is 5.32 Å². The minimum atomic E-state index is -0.0569. The van der Waals surface area contributed by atoms with Crippen LogP contribution in [0.5, 0.6) is 0 Å². The van der Waals surface area contributed by atoms with Gasteiger partial charge in [-0.1, -0.05) is 17.7 Å². The molecule has 2 aromatic heterocycles. The molecule has 8 heteroatoms. The molecule has 0 bridgehead atoms. The van der Waals surface area contributed by atoms with Gasteiger partial charge in [-0.25, -0.2) is 9.36 Å². The average Bonchev–Trinajstić information content (AvgIpc) is 3.57. The first kappa shape index (κ1) is 20.9. The number of carbonyl (C=O) groups is 1. The number of hydrogen-bond acceptors (Lipinski definition) is 5. The maximum absolute atomic E-state index is 12.5. The van der Waals surface area contributed by atoms with Gasteiger partial charge in [0.05, 0.1) is 30.5 Å². The molecular formula is C24H30N6O2. The number of anilines is 1. The third-order valence-corrected chi connectivity index (χ3v) is 6.51. The quantitative estimate of drug-likeness (QED) is 0.645. The molecule has 0 unspecified atom stereocenters. The lowest BCUT2D eigenvalue weighted by Crippen LogP contribution is -2.35. The van der Waals surface area contributed by atoms with Crippen LogP contribution in [0.1, 0.15) is 36.4 Å². The summed E-state index contributed by atoms with van der Waals surface area (Å²) in [5.74, 6) is 0.769. The van der Waals surface area contributed by atoms with E-state index in [-0.39, 0.29) is 11.8 Å². The zero-order chi connectivity index (χ0) is 21.9. The second-order valence-corrected chi connectivity index (χ2v) is 8.80. The van der Waals surface area contributed by atoms with Crippen LogP contribution in [-0.4, -0.2) is 56.7 Å². The van der Waals surface area contributed by atoms with E-state index in [2.05, 4.69) is 45.5 Å². The van der Waals surface area contributed by atoms with Gasteiger partial charge in [-0.15, -0.1) is 0 Å². The highest BCUT2D eigenvalue weighted by Gasteiger charge is 2.27. The van der Waals surface area contributed by atoms with Gasteiger partial charge in [0.1, 0.15) is 5.82 Å². The molecule has 1 N–H and O–H groups in total. The summed E-state index contributed by atoms with van der Waals surface area (Å²) in [5, 5.41) is 12.0. The molecule has 2 fully saturated rings. The van der Waals surface area contributed by atoms with Crippen LogP contribution in [0.25, 0.3) is 5.69 Å². The molecule has 2 saturated heterocycles. The van der Waals surface area contributed by atoms with Gasteiger partial charge in [0.15, 0.2) is 0 Å². The lowest BCUT2D eigenvalue weighted by Gasteiger charge is -2.33. The molecule has 2 aliphatic heterocycles. The van der Waals surface area contributed by atoms with Crippen LogP contribution in [0.4, 0.5) is 5.82 Å². The van der Waals surface area contributed by atoms with Crippen LogP contribution in [-0.2, 0) is 16.1 Å². The molecule has 5 rings (SSSR count). The van der Waals surface area contributed by atoms with E-state index in [0.29, 0.717) is 19.3 Å². The van der Waals surface area contributed by atoms with Gasteiger partial charge in [0.2, 0.25) is 5.91 Å². The Morgan fingerprint density at radius 3 is 2.78 bits per heavy atom. The Bertz CT molecular complexity index is 1050. The van der Waals surface area contributed by atoms with E-state index in [0.717, 1.165) is 50.4 Å². The topological polar surface area (TPSA) is 77.2 Å². The van der Waals surface area contributed by atoms with Gasteiger partial charge in [0.25, 0.3) is 0 Å². The number of likely N-dealkylation sites (tertiary alicyclic amines) is 1. The van der Waals surface area contributed by atoms with Crippen molar-refractivity contribution in [2.75, 3.05) is 31.6 Å². The third kappa shape index (κ3) is 4.47. The summed E-state index contributed by atoms with van der Waals surface area (Å²) in [4.78, 5) is 15.0. The standard InChI is InChI=1S/C24H30N6O2/c1-18-3-4-22(29-11-2-9-25-29)20(15-18)16-28-12-6-21(7-13-28)30-23(5-10-26-30)27-24(31)19-8-14-32-17-19/h2-5,9-11,15,19,21H,6-8,12-14,16-17H2,1H3,(H,27,31)/t19-/m0/s1. The summed E-state index contributed by atoms with van der Waals surface area (Å²) < 4.78 is 9.28. The van der Waals surface area contributed by atoms with Crippen LogP contribution in [0.3, 0.4) is 0 Å². The fourth-order valence-electron chi connectivity index (χ4n) is 4.71. The lowest BCUT2D eigenvalue weighted by molar-refractivity contribution is -0.119. The van der Waals surface area contributed by atoms with Gasteiger partial charge in [-0.2, -0.15) is 10.2 Å². The highest BCUT2D eigenvalue weighted by molar-refractivity contribution is 5.92. The zero-order valence-electron chi connectivity index (χ0n) is 18.5. The number of aryl methyl sites for hydroxylation is 1. The first-order valence-corrected chi connectivity index (χ1v) is 11.4. The van der Waals surface area contributed by atoms with E-state index < -0.39 is 0 Å². The number of ether oxygens (including phenoxy) is 1. The first-order valence-electron chi connectivity index (χ1n) is 11.4. The minimum absolute atomic E-state index is 0.0345. The Balaban J connectivity index is 1.22. The molecule has 32 heavy (non-hydrogen) atoms. The number of amides is 1. The smallest absolute Gasteiger partial charge is 0.231 e. The maximum Gasteiger partial charge on any atom is 0.231 e. The van der Waals surface area contributed by atoms with E-state index in [1.54, 1.807) is 6.20 Å². The Kier molecular flexibility index (Phi) is 6.05. The van der Waals surface area contributed by atoms with Crippen molar-refractivity contribution in [2.45, 2.75) is 38.8 Å². The van der Waals surface area contributed by atoms with Crippen molar-refractivity contribution >= 4 is 11.7 Å². The fraction of sp³-hybridized carbons (Fsp3) is 0.458. The number of rotatable bonds is 6. The SMILES string of the molecule is Cc1ccc(-n2cccn2)c(CN2CCC(n3nccc3NC(=O)[C@H]3CCOC3)CC2)c1. The largest absolute Gasteiger partial charge is 0.381 e. The van der Waals surface area contributed by atoms with Gasteiger partial charge in [0, 0.05) is 44.7 Å². The summed E-state index contributed by atoms with van der Waals surface area (Å²) in [6.07, 6.45) is 8.37. The summed E-state index contributed by atoms with van der Waals surface area (Å²) in [6, 6.07) is 10.7. The normalized spacial score (nSPS) is 20.0. The number of benzene rings is 1. The summed E-state index contributed by atoms with van der Waals surface area (Å²) in [5.41, 5.74) is 3.68. The molecule has 0 aliphatic carbocycles. The number of carbonyl (C=O) groups excluding carboxylic acids is 1. The van der Waals surface area contributed by atoms with Crippen LogP contribution >= 0.6 is 0 Å². The summed E-state index contributed by atoms with van der Waals surface area (Å²) in [7, 11) is 0. The second-order valence-electron chi connectivity index (χ2n) is 8.80. The maximum atomic E-state index is 12.5. The number of hydrogen-bond donors (Lipinski definition) is 1. The molecule has 0 saturated carbocycles. The van der Waals surface area contributed by atoms with Crippen molar-refractivity contribution in [3.8, 4) is 5.69 Å². The Hall–Kier alpha value is -2.97. The van der Waals surface area contributed by atoms with Gasteiger partial charge < -0.3 is 10.1 Å². The van der Waals surface area contributed by atoms with E-state index >= 15 is 0 Å². The first-order chi connectivity index (χ1) is 15.7. The summed E-state index contributed by atoms with van der Waals surface area (Å²) in [6.45, 7) is 6.18. The third-order valence-electron chi connectivity index (χ3n) is 6.51. The Labute approximate surface area is 188 Å². The number of aromatic nitrogens is 4. The minimum Gasteiger partial charge on any atom is -0.381 e. The number of nitrogens with one attached hydrogen (secondary N) is 1. The van der Waals surface area contributed by atoms with E-state index in [4.69, 9.17) is 4.74 Å². The monoisotopic (exact) mass is 434 g/mol. The van der Waals surface area contributed by atoms with E-state index in [1.807, 2.05) is 33.9 Å². The highest BCUT2D eigenvalue weighted by Crippen LogP contribution is 2.28. The van der Waals surface area contributed by atoms with Crippen molar-refractivity contribution in [2.24, 2.45) is 5.92 Å². The average molecular weight is 435 g/mol. The Morgan fingerprint density at radius 2 is 2.03 bits per heavy atom. The van der Waals surface area contributed by atoms with Gasteiger partial charge >= 0.3 is 0 Å². The molecule has 1 amide bonds. The van der Waals surface area contributed by atoms with Crippen LogP contribution in [0.2, 0.25) is 0 Å². The van der Waals surface area contributed by atoms with Crippen molar-refractivity contribution in [3.05, 3.63) is 60.0 Å². The second kappa shape index (κ2) is 9.26. The molecule has 1 aromatic carbocycles. The molecule has 2 aliphatic rings. The van der Waals surface area contributed by atoms with E-state index in [9.17, 15) is 4.79 Å². The van der Waals surface area contributed by atoms with Crippen molar-refractivity contribution < 1.29 is 9.53 Å². The van der Waals surface area contributed by atoms with E-state index in [1.165, 1.54) is 11.1 Å². The molecular weight excluding hydrogens is 404 g/mol. The molecule has 0 spiro atoms. The van der Waals surface area contributed by atoms with Gasteiger partial charge in [-0.3, -0.25) is 9.69 Å². The fourth-order valence-corrected chi connectivity index (χ4v) is 4.71. The predicted octanol–water partition coefficient (Wildman–Crippen LogP) is 3.19. The lowest BCUT2D eigenvalue weighted by atomic mass is 10.0. The van der Waals surface area contributed by atoms with Crippen molar-refractivity contribution in [1.29, 1.82) is 0 Å². The van der Waals surface area contributed by atoms with Crippen molar-refractivity contribution in [1.82, 2.24) is 24.5 Å². The number of nitrogens with zero attached hydrogens (tertiary/aromatic N) is 5. The molecule has 4 heterocycles. The van der Waals surface area contributed by atoms with Crippen molar-refractivity contribution in [3.63, 3.8) is 0 Å². The van der Waals surface area contributed by atoms with Crippen LogP contribution in [0, 0.1) is 12.8 Å². The molecule has 3 aromatic rings. The van der Waals surface area contributed by atoms with Crippen LogP contribution in [0.15, 0.2) is 48.9 Å². The summed E-state index contributed by atoms with van der Waals surface area (Å²) >= 11 is 0. The number of piperidine rings is 1. The molecule has 0 radical (unpaired) electrons. The molecule has 1 atom stereocenters. The zero-order valence-corrected chi connectivity index (χ0v) is 18.5. The Morgan fingerprint density at radius 1 is 1.16 bits per heavy atom.